The summed E-state index contributed by atoms with van der Waals surface area (Å²) in [6.07, 6.45) is 2.83. The molecular weight excluding hydrogens is 264 g/mol. The van der Waals surface area contributed by atoms with Gasteiger partial charge in [0.25, 0.3) is 0 Å². The van der Waals surface area contributed by atoms with Crippen molar-refractivity contribution in [3.63, 3.8) is 0 Å². The second-order valence-electron chi connectivity index (χ2n) is 6.69. The third-order valence-corrected chi connectivity index (χ3v) is 4.73. The molecule has 0 bridgehead atoms. The number of benzene rings is 1. The molecule has 1 aliphatic carbocycles. The number of rotatable bonds is 3. The lowest BCUT2D eigenvalue weighted by Gasteiger charge is -2.28. The zero-order valence-corrected chi connectivity index (χ0v) is 12.8. The van der Waals surface area contributed by atoms with Crippen molar-refractivity contribution in [1.82, 2.24) is 10.6 Å². The van der Waals surface area contributed by atoms with Crippen LogP contribution in [0.1, 0.15) is 31.4 Å². The standard InChI is InChI=1S/C17H24N2O2/c1-12(15-7-8-21-11-15)18-16(20)19-17(2)9-13-5-3-4-6-14(13)10-17/h3-6,12,15H,7-11H2,1-2H3,(H2,18,19,20). The Morgan fingerprint density at radius 3 is 2.57 bits per heavy atom. The molecule has 0 saturated carbocycles. The Morgan fingerprint density at radius 1 is 1.33 bits per heavy atom. The maximum atomic E-state index is 12.3. The van der Waals surface area contributed by atoms with Gasteiger partial charge >= 0.3 is 6.03 Å². The van der Waals surface area contributed by atoms with E-state index in [0.29, 0.717) is 5.92 Å². The topological polar surface area (TPSA) is 50.4 Å². The molecule has 2 atom stereocenters. The van der Waals surface area contributed by atoms with Crippen LogP contribution in [-0.4, -0.2) is 30.8 Å². The van der Waals surface area contributed by atoms with E-state index in [1.54, 1.807) is 0 Å². The van der Waals surface area contributed by atoms with E-state index in [1.807, 2.05) is 0 Å². The van der Waals surface area contributed by atoms with Crippen molar-refractivity contribution >= 4 is 6.03 Å². The lowest BCUT2D eigenvalue weighted by atomic mass is 9.98. The third kappa shape index (κ3) is 3.21. The molecule has 0 aromatic heterocycles. The monoisotopic (exact) mass is 288 g/mol. The average Bonchev–Trinajstić information content (AvgIpc) is 3.03. The second-order valence-corrected chi connectivity index (χ2v) is 6.69. The molecule has 1 heterocycles. The largest absolute Gasteiger partial charge is 0.381 e. The van der Waals surface area contributed by atoms with Crippen LogP contribution in [0, 0.1) is 5.92 Å². The molecule has 2 aliphatic rings. The summed E-state index contributed by atoms with van der Waals surface area (Å²) in [5.74, 6) is 0.435. The molecule has 4 heteroatoms. The van der Waals surface area contributed by atoms with Gasteiger partial charge in [0.05, 0.1) is 6.61 Å². The van der Waals surface area contributed by atoms with Crippen molar-refractivity contribution in [3.8, 4) is 0 Å². The first kappa shape index (κ1) is 14.4. The molecule has 2 unspecified atom stereocenters. The Hall–Kier alpha value is -1.55. The summed E-state index contributed by atoms with van der Waals surface area (Å²) in [5, 5.41) is 6.24. The van der Waals surface area contributed by atoms with Crippen LogP contribution < -0.4 is 10.6 Å². The molecule has 1 aromatic carbocycles. The van der Waals surface area contributed by atoms with Crippen molar-refractivity contribution in [1.29, 1.82) is 0 Å². The number of carbonyl (C=O) groups is 1. The van der Waals surface area contributed by atoms with Crippen molar-refractivity contribution in [2.45, 2.75) is 44.7 Å². The van der Waals surface area contributed by atoms with Crippen molar-refractivity contribution in [2.75, 3.05) is 13.2 Å². The summed E-state index contributed by atoms with van der Waals surface area (Å²) in [7, 11) is 0. The highest BCUT2D eigenvalue weighted by Crippen LogP contribution is 2.29. The quantitative estimate of drug-likeness (QED) is 0.896. The van der Waals surface area contributed by atoms with Crippen LogP contribution in [0.2, 0.25) is 0 Å². The second kappa shape index (κ2) is 5.68. The Labute approximate surface area is 126 Å². The fourth-order valence-corrected chi connectivity index (χ4v) is 3.48. The van der Waals surface area contributed by atoms with Crippen LogP contribution in [0.3, 0.4) is 0 Å². The van der Waals surface area contributed by atoms with Gasteiger partial charge < -0.3 is 15.4 Å². The van der Waals surface area contributed by atoms with Crippen molar-refractivity contribution < 1.29 is 9.53 Å². The number of ether oxygens (including phenoxy) is 1. The van der Waals surface area contributed by atoms with E-state index in [0.717, 1.165) is 32.5 Å². The van der Waals surface area contributed by atoms with Gasteiger partial charge in [0.15, 0.2) is 0 Å². The first-order valence-corrected chi connectivity index (χ1v) is 7.79. The predicted octanol–water partition coefficient (Wildman–Crippen LogP) is 2.27. The Morgan fingerprint density at radius 2 is 2.00 bits per heavy atom. The van der Waals surface area contributed by atoms with Crippen molar-refractivity contribution in [3.05, 3.63) is 35.4 Å². The fraction of sp³-hybridized carbons (Fsp3) is 0.588. The van der Waals surface area contributed by atoms with Crippen molar-refractivity contribution in [2.24, 2.45) is 5.92 Å². The predicted molar refractivity (Wildman–Crippen MR) is 82.3 cm³/mol. The first-order chi connectivity index (χ1) is 10.1. The summed E-state index contributed by atoms with van der Waals surface area (Å²) in [6, 6.07) is 8.52. The van der Waals surface area contributed by atoms with E-state index < -0.39 is 0 Å². The number of nitrogens with one attached hydrogen (secondary N) is 2. The molecule has 1 saturated heterocycles. The number of fused-ring (bicyclic) bond motifs is 1. The number of carbonyl (C=O) groups excluding carboxylic acids is 1. The van der Waals surface area contributed by atoms with Gasteiger partial charge in [-0.2, -0.15) is 0 Å². The Bertz CT molecular complexity index is 498. The molecule has 2 amide bonds. The molecule has 1 aliphatic heterocycles. The highest BCUT2D eigenvalue weighted by molar-refractivity contribution is 5.75. The van der Waals surface area contributed by atoms with Gasteiger partial charge in [-0.3, -0.25) is 0 Å². The van der Waals surface area contributed by atoms with Gasteiger partial charge in [-0.15, -0.1) is 0 Å². The average molecular weight is 288 g/mol. The number of urea groups is 1. The summed E-state index contributed by atoms with van der Waals surface area (Å²) >= 11 is 0. The van der Waals surface area contributed by atoms with E-state index in [9.17, 15) is 4.79 Å². The van der Waals surface area contributed by atoms with Crippen LogP contribution in [0.25, 0.3) is 0 Å². The summed E-state index contributed by atoms with van der Waals surface area (Å²) < 4.78 is 5.38. The third-order valence-electron chi connectivity index (χ3n) is 4.73. The minimum Gasteiger partial charge on any atom is -0.381 e. The number of hydrogen-bond acceptors (Lipinski definition) is 2. The molecular formula is C17H24N2O2. The zero-order valence-electron chi connectivity index (χ0n) is 12.8. The van der Waals surface area contributed by atoms with Crippen LogP contribution in [0.5, 0.6) is 0 Å². The van der Waals surface area contributed by atoms with Crippen LogP contribution in [0.15, 0.2) is 24.3 Å². The summed E-state index contributed by atoms with van der Waals surface area (Å²) in [6.45, 7) is 5.75. The summed E-state index contributed by atoms with van der Waals surface area (Å²) in [4.78, 5) is 12.3. The van der Waals surface area contributed by atoms with E-state index in [2.05, 4.69) is 48.7 Å². The minimum absolute atomic E-state index is 0.0651. The zero-order chi connectivity index (χ0) is 14.9. The molecule has 4 nitrogen and oxygen atoms in total. The highest BCUT2D eigenvalue weighted by Gasteiger charge is 2.34. The van der Waals surface area contributed by atoms with E-state index in [1.165, 1.54) is 11.1 Å². The van der Waals surface area contributed by atoms with Gasteiger partial charge in [0.2, 0.25) is 0 Å². The minimum atomic E-state index is -0.181. The van der Waals surface area contributed by atoms with E-state index >= 15 is 0 Å². The van der Waals surface area contributed by atoms with Gasteiger partial charge in [0.1, 0.15) is 0 Å². The molecule has 3 rings (SSSR count). The van der Waals surface area contributed by atoms with Gasteiger partial charge in [0, 0.05) is 24.1 Å². The van der Waals surface area contributed by atoms with Gasteiger partial charge in [-0.25, -0.2) is 4.79 Å². The number of hydrogen-bond donors (Lipinski definition) is 2. The summed E-state index contributed by atoms with van der Waals surface area (Å²) in [5.41, 5.74) is 2.51. The first-order valence-electron chi connectivity index (χ1n) is 7.79. The maximum Gasteiger partial charge on any atom is 0.315 e. The molecule has 0 spiro atoms. The van der Waals surface area contributed by atoms with E-state index in [4.69, 9.17) is 4.74 Å². The molecule has 114 valence electrons. The Balaban J connectivity index is 1.55. The molecule has 1 fully saturated rings. The van der Waals surface area contributed by atoms with Crippen LogP contribution >= 0.6 is 0 Å². The SMILES string of the molecule is CC(NC(=O)NC1(C)Cc2ccccc2C1)C1CCOC1. The van der Waals surface area contributed by atoms with E-state index in [-0.39, 0.29) is 17.6 Å². The molecule has 21 heavy (non-hydrogen) atoms. The normalized spacial score (nSPS) is 24.4. The molecule has 0 radical (unpaired) electrons. The Kier molecular flexibility index (Phi) is 3.89. The highest BCUT2D eigenvalue weighted by atomic mass is 16.5. The van der Waals surface area contributed by atoms with Gasteiger partial charge in [-0.1, -0.05) is 24.3 Å². The van der Waals surface area contributed by atoms with Crippen LogP contribution in [0.4, 0.5) is 4.79 Å². The molecule has 1 aromatic rings. The van der Waals surface area contributed by atoms with Crippen LogP contribution in [-0.2, 0) is 17.6 Å². The lowest BCUT2D eigenvalue weighted by molar-refractivity contribution is 0.177. The molecule has 2 N–H and O–H groups in total. The fourth-order valence-electron chi connectivity index (χ4n) is 3.48. The maximum absolute atomic E-state index is 12.3. The number of amides is 2. The van der Waals surface area contributed by atoms with Gasteiger partial charge in [-0.05, 0) is 44.2 Å². The lowest BCUT2D eigenvalue weighted by Crippen LogP contribution is -2.53. The smallest absolute Gasteiger partial charge is 0.315 e.